The van der Waals surface area contributed by atoms with Crippen molar-refractivity contribution in [3.63, 3.8) is 0 Å². The Bertz CT molecular complexity index is 910. The number of hydrogen-bond acceptors (Lipinski definition) is 8. The normalized spacial score (nSPS) is 10.7. The molecule has 0 atom stereocenters. The molecule has 9 nitrogen and oxygen atoms in total. The summed E-state index contributed by atoms with van der Waals surface area (Å²) >= 11 is 0. The van der Waals surface area contributed by atoms with E-state index in [0.717, 1.165) is 5.56 Å². The molecular weight excluding hydrogens is 298 g/mol. The lowest BCUT2D eigenvalue weighted by Gasteiger charge is -2.21. The van der Waals surface area contributed by atoms with Crippen molar-refractivity contribution in [2.45, 2.75) is 6.54 Å². The minimum atomic E-state index is -0.217. The zero-order valence-electron chi connectivity index (χ0n) is 11.8. The fourth-order valence-electron chi connectivity index (χ4n) is 2.40. The van der Waals surface area contributed by atoms with E-state index in [9.17, 15) is 10.5 Å². The van der Waals surface area contributed by atoms with Crippen molar-refractivity contribution in [1.29, 1.82) is 5.26 Å². The molecule has 0 unspecified atom stereocenters. The molecule has 0 bridgehead atoms. The number of hydrogen-bond donors (Lipinski definition) is 3. The molecular formula is C14H12N7O2-. The molecule has 116 valence electrons. The largest absolute Gasteiger partial charge is 0.733 e. The van der Waals surface area contributed by atoms with Crippen LogP contribution in [-0.2, 0) is 6.54 Å². The van der Waals surface area contributed by atoms with Gasteiger partial charge in [0.05, 0.1) is 17.6 Å². The molecule has 0 amide bonds. The van der Waals surface area contributed by atoms with E-state index in [1.54, 1.807) is 16.7 Å². The summed E-state index contributed by atoms with van der Waals surface area (Å²) in [6, 6.07) is 8.29. The topological polar surface area (TPSA) is 153 Å². The lowest BCUT2D eigenvalue weighted by Crippen LogP contribution is -2.08. The molecule has 0 spiro atoms. The number of rotatable bonds is 3. The molecule has 2 aromatic heterocycles. The summed E-state index contributed by atoms with van der Waals surface area (Å²) in [4.78, 5) is 8.04. The minimum Gasteiger partial charge on any atom is -0.733 e. The smallest absolute Gasteiger partial charge is 0.148 e. The lowest BCUT2D eigenvalue weighted by molar-refractivity contribution is 0.296. The van der Waals surface area contributed by atoms with Crippen molar-refractivity contribution in [1.82, 2.24) is 14.5 Å². The van der Waals surface area contributed by atoms with Gasteiger partial charge in [-0.2, -0.15) is 5.26 Å². The predicted octanol–water partition coefficient (Wildman–Crippen LogP) is 1.21. The maximum Gasteiger partial charge on any atom is 0.148 e. The van der Waals surface area contributed by atoms with Crippen LogP contribution in [0.2, 0.25) is 0 Å². The number of nitriles is 1. The first kappa shape index (κ1) is 14.6. The van der Waals surface area contributed by atoms with Gasteiger partial charge in [0.1, 0.15) is 35.2 Å². The number of nitrogen functional groups attached to an aromatic ring is 2. The van der Waals surface area contributed by atoms with E-state index < -0.39 is 0 Å². The van der Waals surface area contributed by atoms with E-state index in [2.05, 4.69) is 9.97 Å². The van der Waals surface area contributed by atoms with Crippen LogP contribution in [0.15, 0.2) is 30.6 Å². The van der Waals surface area contributed by atoms with Crippen LogP contribution in [0.1, 0.15) is 11.1 Å². The Kier molecular flexibility index (Phi) is 3.46. The Morgan fingerprint density at radius 2 is 1.96 bits per heavy atom. The van der Waals surface area contributed by atoms with E-state index in [-0.39, 0.29) is 28.1 Å². The van der Waals surface area contributed by atoms with Crippen LogP contribution in [0.4, 0.5) is 17.3 Å². The van der Waals surface area contributed by atoms with Crippen molar-refractivity contribution < 1.29 is 5.21 Å². The second-order valence-corrected chi connectivity index (χ2v) is 4.86. The van der Waals surface area contributed by atoms with E-state index in [1.165, 1.54) is 18.5 Å². The highest BCUT2D eigenvalue weighted by Gasteiger charge is 2.18. The van der Waals surface area contributed by atoms with Crippen LogP contribution in [0, 0.1) is 16.5 Å². The Balaban J connectivity index is 2.09. The van der Waals surface area contributed by atoms with E-state index >= 15 is 0 Å². The number of benzene rings is 1. The van der Waals surface area contributed by atoms with E-state index in [4.69, 9.17) is 16.7 Å². The van der Waals surface area contributed by atoms with Gasteiger partial charge in [-0.05, 0) is 17.7 Å². The van der Waals surface area contributed by atoms with Gasteiger partial charge < -0.3 is 26.5 Å². The van der Waals surface area contributed by atoms with Crippen molar-refractivity contribution in [3.05, 3.63) is 46.9 Å². The fourth-order valence-corrected chi connectivity index (χ4v) is 2.40. The van der Waals surface area contributed by atoms with E-state index in [1.807, 2.05) is 6.07 Å². The first-order chi connectivity index (χ1) is 11.0. The van der Waals surface area contributed by atoms with Gasteiger partial charge in [-0.25, -0.2) is 9.97 Å². The van der Waals surface area contributed by atoms with Gasteiger partial charge in [0, 0.05) is 0 Å². The number of aromatic nitrogens is 3. The number of nitrogens with zero attached hydrogens (tertiary/aromatic N) is 5. The quantitative estimate of drug-likeness (QED) is 0.610. The summed E-state index contributed by atoms with van der Waals surface area (Å²) in [6.07, 6.45) is 1.30. The Hall–Kier alpha value is -3.35. The number of anilines is 3. The zero-order valence-corrected chi connectivity index (χ0v) is 11.8. The maximum absolute atomic E-state index is 10.8. The standard InChI is InChI=1S/C14H12N7O2/c15-5-10-11-12(16)18-7-19-14(11)20(13(10)17)6-8-1-3-9(4-2-8)21(22)23/h1-4,7,22H,6,17H2,(H2,16,18,19)/q-1. The average molecular weight is 310 g/mol. The van der Waals surface area contributed by atoms with Crippen LogP contribution >= 0.6 is 0 Å². The summed E-state index contributed by atoms with van der Waals surface area (Å²) in [5.41, 5.74) is 13.5. The van der Waals surface area contributed by atoms with Gasteiger partial charge in [0.25, 0.3) is 0 Å². The third-order valence-corrected chi connectivity index (χ3v) is 3.52. The summed E-state index contributed by atoms with van der Waals surface area (Å²) in [5.74, 6) is 0.431. The molecule has 0 aliphatic heterocycles. The fraction of sp³-hybridized carbons (Fsp3) is 0.0714. The highest BCUT2D eigenvalue weighted by molar-refractivity contribution is 5.96. The maximum atomic E-state index is 10.8. The van der Waals surface area contributed by atoms with Gasteiger partial charge >= 0.3 is 0 Å². The van der Waals surface area contributed by atoms with Crippen molar-refractivity contribution in [2.75, 3.05) is 16.7 Å². The Morgan fingerprint density at radius 1 is 1.26 bits per heavy atom. The molecule has 5 N–H and O–H groups in total. The second-order valence-electron chi connectivity index (χ2n) is 4.86. The molecule has 23 heavy (non-hydrogen) atoms. The van der Waals surface area contributed by atoms with Crippen LogP contribution < -0.4 is 16.7 Å². The highest BCUT2D eigenvalue weighted by atomic mass is 16.8. The van der Waals surface area contributed by atoms with Crippen LogP contribution in [0.3, 0.4) is 0 Å². The molecule has 9 heteroatoms. The minimum absolute atomic E-state index is 0.114. The molecule has 0 aliphatic rings. The SMILES string of the molecule is N#Cc1c(N)n(Cc2ccc(N([O-])O)cc2)c2ncnc(N)c12. The van der Waals surface area contributed by atoms with Crippen LogP contribution in [0.5, 0.6) is 0 Å². The third kappa shape index (κ3) is 2.38. The average Bonchev–Trinajstić information content (AvgIpc) is 2.81. The van der Waals surface area contributed by atoms with Crippen LogP contribution in [0.25, 0.3) is 11.0 Å². The summed E-state index contributed by atoms with van der Waals surface area (Å²) in [7, 11) is 0. The van der Waals surface area contributed by atoms with Crippen molar-refractivity contribution in [3.8, 4) is 6.07 Å². The van der Waals surface area contributed by atoms with Gasteiger partial charge in [0.2, 0.25) is 0 Å². The number of fused-ring (bicyclic) bond motifs is 1. The van der Waals surface area contributed by atoms with E-state index in [0.29, 0.717) is 17.6 Å². The summed E-state index contributed by atoms with van der Waals surface area (Å²) in [5, 5.41) is 29.1. The molecule has 1 aromatic carbocycles. The highest BCUT2D eigenvalue weighted by Crippen LogP contribution is 2.30. The van der Waals surface area contributed by atoms with Gasteiger partial charge in [0.15, 0.2) is 0 Å². The molecule has 2 heterocycles. The summed E-state index contributed by atoms with van der Waals surface area (Å²) < 4.78 is 1.65. The molecule has 0 radical (unpaired) electrons. The monoisotopic (exact) mass is 310 g/mol. The Morgan fingerprint density at radius 3 is 2.57 bits per heavy atom. The van der Waals surface area contributed by atoms with Crippen molar-refractivity contribution >= 4 is 28.4 Å². The van der Waals surface area contributed by atoms with Crippen LogP contribution in [-0.4, -0.2) is 19.7 Å². The summed E-state index contributed by atoms with van der Waals surface area (Å²) in [6.45, 7) is 0.324. The zero-order chi connectivity index (χ0) is 16.6. The predicted molar refractivity (Wildman–Crippen MR) is 84.2 cm³/mol. The molecule has 3 rings (SSSR count). The molecule has 0 saturated carbocycles. The Labute approximate surface area is 130 Å². The second kappa shape index (κ2) is 5.45. The lowest BCUT2D eigenvalue weighted by atomic mass is 10.2. The van der Waals surface area contributed by atoms with Crippen molar-refractivity contribution in [2.24, 2.45) is 0 Å². The molecule has 0 fully saturated rings. The number of nitrogens with two attached hydrogens (primary N) is 2. The molecule has 3 aromatic rings. The van der Waals surface area contributed by atoms with Gasteiger partial charge in [-0.1, -0.05) is 12.1 Å². The van der Waals surface area contributed by atoms with Gasteiger partial charge in [-0.3, -0.25) is 5.21 Å². The molecule has 0 aliphatic carbocycles. The first-order valence-electron chi connectivity index (χ1n) is 6.56. The van der Waals surface area contributed by atoms with Gasteiger partial charge in [-0.15, -0.1) is 0 Å². The third-order valence-electron chi connectivity index (χ3n) is 3.52. The first-order valence-corrected chi connectivity index (χ1v) is 6.56. The molecule has 0 saturated heterocycles.